The first-order chi connectivity index (χ1) is 10.8. The summed E-state index contributed by atoms with van der Waals surface area (Å²) in [6, 6.07) is 4.50. The predicted octanol–water partition coefficient (Wildman–Crippen LogP) is 1.74. The van der Waals surface area contributed by atoms with Crippen molar-refractivity contribution in [3.05, 3.63) is 33.8 Å². The number of carbonyl (C=O) groups is 2. The highest BCUT2D eigenvalue weighted by molar-refractivity contribution is 6.42. The van der Waals surface area contributed by atoms with Crippen LogP contribution in [-0.2, 0) is 19.9 Å². The summed E-state index contributed by atoms with van der Waals surface area (Å²) in [6.07, 6.45) is 0. The van der Waals surface area contributed by atoms with E-state index in [0.29, 0.717) is 36.9 Å². The first kappa shape index (κ1) is 18.0. The molecule has 1 aromatic carbocycles. The molecule has 1 aromatic rings. The van der Waals surface area contributed by atoms with Crippen molar-refractivity contribution in [3.8, 4) is 0 Å². The number of halogens is 2. The molecule has 0 saturated carbocycles. The summed E-state index contributed by atoms with van der Waals surface area (Å²) in [7, 11) is 0. The number of nitrogens with zero attached hydrogens (tertiary/aromatic N) is 1. The Morgan fingerprint density at radius 3 is 2.52 bits per heavy atom. The molecule has 1 aliphatic heterocycles. The molecule has 2 rings (SSSR count). The fourth-order valence-corrected chi connectivity index (χ4v) is 2.64. The molecule has 1 fully saturated rings. The van der Waals surface area contributed by atoms with E-state index in [2.05, 4.69) is 5.32 Å². The van der Waals surface area contributed by atoms with E-state index in [1.54, 1.807) is 0 Å². The Kier molecular flexibility index (Phi) is 5.86. The van der Waals surface area contributed by atoms with Gasteiger partial charge < -0.3 is 15.2 Å². The van der Waals surface area contributed by atoms with Crippen molar-refractivity contribution in [1.82, 2.24) is 10.2 Å². The van der Waals surface area contributed by atoms with Gasteiger partial charge in [-0.15, -0.1) is 0 Å². The number of aliphatic carboxylic acids is 1. The van der Waals surface area contributed by atoms with Crippen LogP contribution in [0, 0.1) is 0 Å². The zero-order valence-corrected chi connectivity index (χ0v) is 14.2. The number of carboxylic acid groups (broad SMARTS) is 1. The highest BCUT2D eigenvalue weighted by atomic mass is 35.5. The maximum atomic E-state index is 12.2. The van der Waals surface area contributed by atoms with Gasteiger partial charge in [0.05, 0.1) is 29.8 Å². The molecule has 0 spiro atoms. The second-order valence-corrected chi connectivity index (χ2v) is 6.31. The topological polar surface area (TPSA) is 78.9 Å². The molecule has 1 saturated heterocycles. The summed E-state index contributed by atoms with van der Waals surface area (Å²) in [6.45, 7) is 3.96. The number of carboxylic acids is 1. The quantitative estimate of drug-likeness (QED) is 0.835. The number of nitrogens with one attached hydrogen (secondary N) is 1. The fraction of sp³-hybridized carbons (Fsp3) is 0.467. The zero-order valence-electron chi connectivity index (χ0n) is 12.6. The summed E-state index contributed by atoms with van der Waals surface area (Å²) in [5, 5.41) is 12.7. The Labute approximate surface area is 144 Å². The van der Waals surface area contributed by atoms with Gasteiger partial charge in [-0.25, -0.2) is 4.79 Å². The van der Waals surface area contributed by atoms with Crippen LogP contribution in [0.3, 0.4) is 0 Å². The third-order valence-electron chi connectivity index (χ3n) is 3.79. The lowest BCUT2D eigenvalue weighted by molar-refractivity contribution is -0.147. The number of morpholine rings is 1. The molecule has 126 valence electrons. The number of carbonyl (C=O) groups excluding carboxylic acids is 1. The van der Waals surface area contributed by atoms with E-state index in [9.17, 15) is 14.7 Å². The molecule has 1 atom stereocenters. The van der Waals surface area contributed by atoms with E-state index in [1.165, 1.54) is 25.1 Å². The minimum absolute atomic E-state index is 0.119. The van der Waals surface area contributed by atoms with Crippen LogP contribution in [0.1, 0.15) is 12.5 Å². The van der Waals surface area contributed by atoms with Crippen molar-refractivity contribution >= 4 is 35.1 Å². The molecule has 0 bridgehead atoms. The van der Waals surface area contributed by atoms with Gasteiger partial charge in [0.25, 0.3) is 0 Å². The van der Waals surface area contributed by atoms with E-state index in [1.807, 2.05) is 4.90 Å². The van der Waals surface area contributed by atoms with Gasteiger partial charge in [0.1, 0.15) is 0 Å². The van der Waals surface area contributed by atoms with Crippen molar-refractivity contribution in [2.45, 2.75) is 12.5 Å². The lowest BCUT2D eigenvalue weighted by atomic mass is 9.92. The average molecular weight is 361 g/mol. The van der Waals surface area contributed by atoms with Gasteiger partial charge in [0.2, 0.25) is 5.91 Å². The Hall–Kier alpha value is -1.34. The molecule has 0 aromatic heterocycles. The molecule has 0 radical (unpaired) electrons. The minimum atomic E-state index is -1.59. The van der Waals surface area contributed by atoms with Crippen LogP contribution >= 0.6 is 23.2 Å². The highest BCUT2D eigenvalue weighted by Gasteiger charge is 2.37. The third kappa shape index (κ3) is 4.35. The number of hydrogen-bond donors (Lipinski definition) is 2. The minimum Gasteiger partial charge on any atom is -0.479 e. The van der Waals surface area contributed by atoms with E-state index in [-0.39, 0.29) is 17.5 Å². The van der Waals surface area contributed by atoms with Crippen LogP contribution in [-0.4, -0.2) is 54.7 Å². The molecule has 2 N–H and O–H groups in total. The molecule has 1 heterocycles. The van der Waals surface area contributed by atoms with Gasteiger partial charge in [-0.3, -0.25) is 9.69 Å². The number of hydrogen-bond acceptors (Lipinski definition) is 4. The lowest BCUT2D eigenvalue weighted by Crippen LogP contribution is -2.53. The normalized spacial score (nSPS) is 18.2. The maximum absolute atomic E-state index is 12.2. The van der Waals surface area contributed by atoms with Crippen molar-refractivity contribution in [2.24, 2.45) is 0 Å². The van der Waals surface area contributed by atoms with Gasteiger partial charge in [-0.05, 0) is 24.6 Å². The molecular weight excluding hydrogens is 343 g/mol. The monoisotopic (exact) mass is 360 g/mol. The first-order valence-electron chi connectivity index (χ1n) is 7.13. The highest BCUT2D eigenvalue weighted by Crippen LogP contribution is 2.29. The Bertz CT molecular complexity index is 605. The van der Waals surface area contributed by atoms with E-state index >= 15 is 0 Å². The van der Waals surface area contributed by atoms with E-state index < -0.39 is 11.5 Å². The molecular formula is C15H18Cl2N2O4. The summed E-state index contributed by atoms with van der Waals surface area (Å²) in [4.78, 5) is 25.9. The third-order valence-corrected chi connectivity index (χ3v) is 4.52. The Balaban J connectivity index is 2.14. The summed E-state index contributed by atoms with van der Waals surface area (Å²) < 4.78 is 5.22. The number of ether oxygens (including phenoxy) is 1. The predicted molar refractivity (Wildman–Crippen MR) is 86.9 cm³/mol. The van der Waals surface area contributed by atoms with Gasteiger partial charge >= 0.3 is 5.97 Å². The van der Waals surface area contributed by atoms with Crippen LogP contribution in [0.5, 0.6) is 0 Å². The molecule has 23 heavy (non-hydrogen) atoms. The van der Waals surface area contributed by atoms with Crippen LogP contribution in [0.25, 0.3) is 0 Å². The van der Waals surface area contributed by atoms with E-state index in [0.717, 1.165) is 0 Å². The van der Waals surface area contributed by atoms with Gasteiger partial charge in [-0.1, -0.05) is 29.3 Å². The van der Waals surface area contributed by atoms with Gasteiger partial charge in [-0.2, -0.15) is 0 Å². The van der Waals surface area contributed by atoms with Crippen LogP contribution < -0.4 is 5.32 Å². The van der Waals surface area contributed by atoms with Crippen LogP contribution in [0.15, 0.2) is 18.2 Å². The zero-order chi connectivity index (χ0) is 17.0. The standard InChI is InChI=1S/C15H18Cl2N2O4/c1-15(14(21)22,10-2-3-11(16)12(17)8-10)18-13(20)9-19-4-6-23-7-5-19/h2-3,8H,4-7,9H2,1H3,(H,18,20)(H,21,22). The summed E-state index contributed by atoms with van der Waals surface area (Å²) in [5.41, 5.74) is -1.23. The summed E-state index contributed by atoms with van der Waals surface area (Å²) in [5.74, 6) is -1.55. The maximum Gasteiger partial charge on any atom is 0.333 e. The second-order valence-electron chi connectivity index (χ2n) is 5.50. The van der Waals surface area contributed by atoms with E-state index in [4.69, 9.17) is 27.9 Å². The molecule has 1 amide bonds. The number of benzene rings is 1. The molecule has 6 nitrogen and oxygen atoms in total. The fourth-order valence-electron chi connectivity index (χ4n) is 2.34. The largest absolute Gasteiger partial charge is 0.479 e. The SMILES string of the molecule is CC(NC(=O)CN1CCOCC1)(C(=O)O)c1ccc(Cl)c(Cl)c1. The molecule has 8 heteroatoms. The molecule has 1 unspecified atom stereocenters. The lowest BCUT2D eigenvalue weighted by Gasteiger charge is -2.30. The van der Waals surface area contributed by atoms with Crippen molar-refractivity contribution in [3.63, 3.8) is 0 Å². The Morgan fingerprint density at radius 1 is 1.30 bits per heavy atom. The second kappa shape index (κ2) is 7.49. The van der Waals surface area contributed by atoms with Crippen LogP contribution in [0.4, 0.5) is 0 Å². The molecule has 0 aliphatic carbocycles. The smallest absolute Gasteiger partial charge is 0.333 e. The average Bonchev–Trinajstić information content (AvgIpc) is 2.50. The van der Waals surface area contributed by atoms with Crippen LogP contribution in [0.2, 0.25) is 10.0 Å². The number of rotatable bonds is 5. The first-order valence-corrected chi connectivity index (χ1v) is 7.88. The van der Waals surface area contributed by atoms with Gasteiger partial charge in [0.15, 0.2) is 5.54 Å². The van der Waals surface area contributed by atoms with Gasteiger partial charge in [0, 0.05) is 13.1 Å². The molecule has 1 aliphatic rings. The Morgan fingerprint density at radius 2 is 1.96 bits per heavy atom. The van der Waals surface area contributed by atoms with Crippen molar-refractivity contribution in [1.29, 1.82) is 0 Å². The number of amides is 1. The van der Waals surface area contributed by atoms with Crippen molar-refractivity contribution in [2.75, 3.05) is 32.8 Å². The summed E-state index contributed by atoms with van der Waals surface area (Å²) >= 11 is 11.8. The van der Waals surface area contributed by atoms with Crippen molar-refractivity contribution < 1.29 is 19.4 Å².